The largest absolute Gasteiger partial charge is 0.387 e. The maximum absolute atomic E-state index is 9.74. The van der Waals surface area contributed by atoms with E-state index in [1.165, 1.54) is 5.56 Å². The number of anilines is 1. The van der Waals surface area contributed by atoms with E-state index >= 15 is 0 Å². The molecule has 0 aliphatic carbocycles. The van der Waals surface area contributed by atoms with Crippen LogP contribution >= 0.6 is 0 Å². The van der Waals surface area contributed by atoms with Crippen molar-refractivity contribution in [3.05, 3.63) is 53.5 Å². The van der Waals surface area contributed by atoms with E-state index < -0.39 is 6.10 Å². The third-order valence-electron chi connectivity index (χ3n) is 5.12. The predicted molar refractivity (Wildman–Crippen MR) is 99.9 cm³/mol. The van der Waals surface area contributed by atoms with Gasteiger partial charge in [0, 0.05) is 19.0 Å². The molecule has 0 spiro atoms. The highest BCUT2D eigenvalue weighted by atomic mass is 16.3. The first kappa shape index (κ1) is 16.1. The number of nitrogens with zero attached hydrogens (tertiary/aromatic N) is 3. The molecule has 2 aromatic heterocycles. The average Bonchev–Trinajstić information content (AvgIpc) is 3.08. The van der Waals surface area contributed by atoms with Crippen molar-refractivity contribution in [3.63, 3.8) is 0 Å². The molecule has 2 N–H and O–H groups in total. The lowest BCUT2D eigenvalue weighted by atomic mass is 9.96. The fourth-order valence-electron chi connectivity index (χ4n) is 3.62. The van der Waals surface area contributed by atoms with Crippen LogP contribution in [0.25, 0.3) is 11.0 Å². The quantitative estimate of drug-likeness (QED) is 0.765. The molecule has 3 aromatic rings. The lowest BCUT2D eigenvalue weighted by Gasteiger charge is -2.32. The number of H-pyrrole nitrogens is 1. The smallest absolute Gasteiger partial charge is 0.128 e. The molecule has 3 heterocycles. The molecule has 1 atom stereocenters. The second-order valence-electron chi connectivity index (χ2n) is 6.95. The monoisotopic (exact) mass is 336 g/mol. The number of aliphatic hydroxyl groups is 1. The summed E-state index contributed by atoms with van der Waals surface area (Å²) in [7, 11) is 0. The van der Waals surface area contributed by atoms with Crippen LogP contribution in [-0.4, -0.2) is 33.1 Å². The van der Waals surface area contributed by atoms with Crippen LogP contribution in [0, 0.1) is 6.92 Å². The number of aliphatic hydroxyl groups excluding tert-OH is 1. The number of fused-ring (bicyclic) bond motifs is 1. The van der Waals surface area contributed by atoms with E-state index in [-0.39, 0.29) is 0 Å². The third-order valence-corrected chi connectivity index (χ3v) is 5.12. The molecule has 5 heteroatoms. The second kappa shape index (κ2) is 6.48. The molecule has 0 unspecified atom stereocenters. The summed E-state index contributed by atoms with van der Waals surface area (Å²) in [6, 6.07) is 12.1. The first-order valence-electron chi connectivity index (χ1n) is 8.97. The lowest BCUT2D eigenvalue weighted by Crippen LogP contribution is -2.33. The highest BCUT2D eigenvalue weighted by Crippen LogP contribution is 2.30. The van der Waals surface area contributed by atoms with E-state index in [0.717, 1.165) is 54.3 Å². The number of rotatable bonds is 3. The Balaban J connectivity index is 1.49. The van der Waals surface area contributed by atoms with Gasteiger partial charge in [0.1, 0.15) is 11.6 Å². The van der Waals surface area contributed by atoms with Gasteiger partial charge < -0.3 is 15.0 Å². The zero-order chi connectivity index (χ0) is 17.4. The summed E-state index contributed by atoms with van der Waals surface area (Å²) >= 11 is 0. The minimum Gasteiger partial charge on any atom is -0.387 e. The molecule has 0 amide bonds. The molecule has 0 bridgehead atoms. The van der Waals surface area contributed by atoms with Crippen molar-refractivity contribution >= 4 is 16.9 Å². The number of hydrogen-bond acceptors (Lipinski definition) is 4. The van der Waals surface area contributed by atoms with E-state index in [4.69, 9.17) is 4.98 Å². The van der Waals surface area contributed by atoms with Crippen molar-refractivity contribution in [2.24, 2.45) is 0 Å². The molecule has 25 heavy (non-hydrogen) atoms. The van der Waals surface area contributed by atoms with Gasteiger partial charge in [-0.25, -0.2) is 9.97 Å². The molecule has 130 valence electrons. The van der Waals surface area contributed by atoms with Crippen molar-refractivity contribution in [1.82, 2.24) is 15.0 Å². The first-order chi connectivity index (χ1) is 12.1. The van der Waals surface area contributed by atoms with E-state index in [0.29, 0.717) is 5.92 Å². The molecule has 0 saturated carbocycles. The molecule has 5 nitrogen and oxygen atoms in total. The Hall–Kier alpha value is -2.40. The summed E-state index contributed by atoms with van der Waals surface area (Å²) in [5.74, 6) is 2.52. The van der Waals surface area contributed by atoms with Crippen LogP contribution < -0.4 is 4.90 Å². The molecule has 1 saturated heterocycles. The zero-order valence-corrected chi connectivity index (χ0v) is 14.7. The number of hydrogen-bond donors (Lipinski definition) is 2. The number of pyridine rings is 1. The lowest BCUT2D eigenvalue weighted by molar-refractivity contribution is 0.194. The summed E-state index contributed by atoms with van der Waals surface area (Å²) in [6.07, 6.45) is 1.58. The second-order valence-corrected chi connectivity index (χ2v) is 6.95. The fourth-order valence-corrected chi connectivity index (χ4v) is 3.62. The highest BCUT2D eigenvalue weighted by molar-refractivity contribution is 5.78. The first-order valence-corrected chi connectivity index (χ1v) is 8.97. The van der Waals surface area contributed by atoms with Crippen molar-refractivity contribution in [2.75, 3.05) is 18.0 Å². The van der Waals surface area contributed by atoms with Crippen LogP contribution in [0.4, 0.5) is 5.82 Å². The number of aryl methyl sites for hydroxylation is 1. The average molecular weight is 336 g/mol. The Morgan fingerprint density at radius 2 is 1.88 bits per heavy atom. The van der Waals surface area contributed by atoms with Crippen molar-refractivity contribution in [1.29, 1.82) is 0 Å². The van der Waals surface area contributed by atoms with E-state index in [9.17, 15) is 5.11 Å². The normalized spacial score (nSPS) is 17.2. The summed E-state index contributed by atoms with van der Waals surface area (Å²) in [5, 5.41) is 9.74. The van der Waals surface area contributed by atoms with Crippen molar-refractivity contribution < 1.29 is 5.11 Å². The summed E-state index contributed by atoms with van der Waals surface area (Å²) in [4.78, 5) is 15.2. The van der Waals surface area contributed by atoms with Gasteiger partial charge in [-0.05, 0) is 50.5 Å². The van der Waals surface area contributed by atoms with Gasteiger partial charge in [0.05, 0.1) is 22.8 Å². The summed E-state index contributed by atoms with van der Waals surface area (Å²) in [6.45, 7) is 5.77. The molecule has 1 aliphatic rings. The molecular weight excluding hydrogens is 312 g/mol. The third kappa shape index (κ3) is 3.12. The number of aromatic amines is 1. The Labute approximate surface area is 147 Å². The van der Waals surface area contributed by atoms with E-state index in [1.54, 1.807) is 6.92 Å². The van der Waals surface area contributed by atoms with Crippen LogP contribution in [0.5, 0.6) is 0 Å². The van der Waals surface area contributed by atoms with Crippen molar-refractivity contribution in [3.8, 4) is 0 Å². The maximum Gasteiger partial charge on any atom is 0.128 e. The van der Waals surface area contributed by atoms with Gasteiger partial charge in [0.15, 0.2) is 0 Å². The molecule has 1 fully saturated rings. The summed E-state index contributed by atoms with van der Waals surface area (Å²) < 4.78 is 0. The van der Waals surface area contributed by atoms with Gasteiger partial charge >= 0.3 is 0 Å². The van der Waals surface area contributed by atoms with E-state index in [1.807, 2.05) is 18.2 Å². The fraction of sp³-hybridized carbons (Fsp3) is 0.400. The summed E-state index contributed by atoms with van der Waals surface area (Å²) in [5.41, 5.74) is 4.17. The van der Waals surface area contributed by atoms with Gasteiger partial charge in [-0.3, -0.25) is 0 Å². The topological polar surface area (TPSA) is 65.0 Å². The van der Waals surface area contributed by atoms with Crippen LogP contribution in [0.15, 0.2) is 36.4 Å². The Morgan fingerprint density at radius 3 is 2.60 bits per heavy atom. The minimum atomic E-state index is -0.531. The Bertz CT molecular complexity index is 878. The predicted octanol–water partition coefficient (Wildman–Crippen LogP) is 3.70. The van der Waals surface area contributed by atoms with Gasteiger partial charge in [0.25, 0.3) is 0 Å². The molecule has 4 rings (SSSR count). The number of benzene rings is 1. The zero-order valence-electron chi connectivity index (χ0n) is 14.7. The number of piperidine rings is 1. The van der Waals surface area contributed by atoms with Crippen molar-refractivity contribution in [2.45, 2.75) is 38.7 Å². The highest BCUT2D eigenvalue weighted by Gasteiger charge is 2.24. The van der Waals surface area contributed by atoms with Crippen LogP contribution in [-0.2, 0) is 0 Å². The minimum absolute atomic E-state index is 0.461. The van der Waals surface area contributed by atoms with Gasteiger partial charge in [-0.15, -0.1) is 0 Å². The Kier molecular flexibility index (Phi) is 4.17. The van der Waals surface area contributed by atoms with Crippen LogP contribution in [0.2, 0.25) is 0 Å². The van der Waals surface area contributed by atoms with Crippen LogP contribution in [0.1, 0.15) is 48.9 Å². The molecule has 0 radical (unpaired) electrons. The van der Waals surface area contributed by atoms with Gasteiger partial charge in [0.2, 0.25) is 0 Å². The SMILES string of the molecule is Cc1cccc2[nH]c(C3CCN(c4cccc([C@H](C)O)n4)CC3)nc12. The van der Waals surface area contributed by atoms with Crippen LogP contribution in [0.3, 0.4) is 0 Å². The number of aromatic nitrogens is 3. The maximum atomic E-state index is 9.74. The standard InChI is InChI=1S/C20H24N4O/c1-13-5-3-7-17-19(13)23-20(22-17)15-9-11-24(12-10-15)18-8-4-6-16(21-18)14(2)25/h3-8,14-15,25H,9-12H2,1-2H3,(H,22,23)/t14-/m0/s1. The Morgan fingerprint density at radius 1 is 1.12 bits per heavy atom. The number of imidazole rings is 1. The number of para-hydroxylation sites is 1. The van der Waals surface area contributed by atoms with Gasteiger partial charge in [-0.2, -0.15) is 0 Å². The molecule has 1 aromatic carbocycles. The molecular formula is C20H24N4O. The number of nitrogens with one attached hydrogen (secondary N) is 1. The van der Waals surface area contributed by atoms with E-state index in [2.05, 4.69) is 40.0 Å². The molecule has 1 aliphatic heterocycles. The van der Waals surface area contributed by atoms with Gasteiger partial charge in [-0.1, -0.05) is 18.2 Å².